The zero-order valence-electron chi connectivity index (χ0n) is 31.5. The number of para-hydroxylation sites is 4. The van der Waals surface area contributed by atoms with Gasteiger partial charge in [0.1, 0.15) is 44.7 Å². The van der Waals surface area contributed by atoms with Crippen LogP contribution in [0.3, 0.4) is 0 Å². The SMILES string of the molecule is c1ccc(-c2cc(N(c3ccc4c(c3)oc3ccccc34)c3ccc4c(c3)oc3ccccc34)ccc2-c2cc3oc4ccccc4c3c3oc4ccccc4c23)cc1. The molecule has 0 spiro atoms. The number of fused-ring (bicyclic) bond motifs is 13. The molecule has 0 atom stereocenters. The normalized spacial score (nSPS) is 12.1. The Morgan fingerprint density at radius 3 is 1.36 bits per heavy atom. The van der Waals surface area contributed by atoms with Crippen LogP contribution < -0.4 is 4.90 Å². The molecule has 0 radical (unpaired) electrons. The second kappa shape index (κ2) is 12.2. The maximum absolute atomic E-state index is 6.75. The summed E-state index contributed by atoms with van der Waals surface area (Å²) in [7, 11) is 0. The van der Waals surface area contributed by atoms with Crippen molar-refractivity contribution in [3.8, 4) is 22.3 Å². The summed E-state index contributed by atoms with van der Waals surface area (Å²) in [6.07, 6.45) is 0. The highest BCUT2D eigenvalue weighted by molar-refractivity contribution is 6.26. The Hall–Kier alpha value is -8.02. The second-order valence-electron chi connectivity index (χ2n) is 15.2. The number of rotatable bonds is 5. The smallest absolute Gasteiger partial charge is 0.147 e. The molecule has 59 heavy (non-hydrogen) atoms. The standard InChI is InChI=1S/C54H31NO4/c1-2-12-32(13-3-1)43-28-33(22-25-36(43)44-31-51-53(42-17-7-10-20-47(42)58-51)54-52(44)41-16-6-11-21-48(41)59-54)55(34-23-26-39-37-14-4-8-18-45(37)56-49(39)29-34)35-24-27-40-38-15-5-9-19-46(38)57-50(40)30-35/h1-31H. The molecule has 0 bridgehead atoms. The van der Waals surface area contributed by atoms with Crippen LogP contribution in [0.25, 0.3) is 110 Å². The summed E-state index contributed by atoms with van der Waals surface area (Å²) in [5, 5.41) is 8.50. The van der Waals surface area contributed by atoms with E-state index in [2.05, 4.69) is 144 Å². The maximum atomic E-state index is 6.75. The van der Waals surface area contributed by atoms with Gasteiger partial charge < -0.3 is 22.6 Å². The van der Waals surface area contributed by atoms with Crippen molar-refractivity contribution in [2.75, 3.05) is 4.90 Å². The number of anilines is 3. The highest BCUT2D eigenvalue weighted by Gasteiger charge is 2.24. The van der Waals surface area contributed by atoms with Crippen LogP contribution >= 0.6 is 0 Å². The molecular formula is C54H31NO4. The second-order valence-corrected chi connectivity index (χ2v) is 15.2. The van der Waals surface area contributed by atoms with Crippen LogP contribution in [0.4, 0.5) is 17.1 Å². The summed E-state index contributed by atoms with van der Waals surface area (Å²) in [5.41, 5.74) is 13.9. The Balaban J connectivity index is 1.08. The van der Waals surface area contributed by atoms with Gasteiger partial charge in [-0.15, -0.1) is 0 Å². The van der Waals surface area contributed by atoms with Crippen molar-refractivity contribution in [1.29, 1.82) is 0 Å². The molecule has 0 unspecified atom stereocenters. The van der Waals surface area contributed by atoms with Crippen molar-refractivity contribution in [2.24, 2.45) is 0 Å². The van der Waals surface area contributed by atoms with E-state index in [1.54, 1.807) is 0 Å². The van der Waals surface area contributed by atoms with Gasteiger partial charge in [0.2, 0.25) is 0 Å². The first-order valence-corrected chi connectivity index (χ1v) is 19.8. The van der Waals surface area contributed by atoms with Crippen molar-refractivity contribution >= 4 is 105 Å². The number of hydrogen-bond acceptors (Lipinski definition) is 5. The van der Waals surface area contributed by atoms with Gasteiger partial charge in [0, 0.05) is 66.9 Å². The topological polar surface area (TPSA) is 55.8 Å². The van der Waals surface area contributed by atoms with Crippen molar-refractivity contribution in [3.05, 3.63) is 188 Å². The van der Waals surface area contributed by atoms with Crippen LogP contribution in [0.5, 0.6) is 0 Å². The van der Waals surface area contributed by atoms with Crippen LogP contribution in [-0.2, 0) is 0 Å². The lowest BCUT2D eigenvalue weighted by Gasteiger charge is -2.27. The molecule has 13 rings (SSSR count). The van der Waals surface area contributed by atoms with Crippen LogP contribution in [-0.4, -0.2) is 0 Å². The first-order valence-electron chi connectivity index (χ1n) is 19.8. The lowest BCUT2D eigenvalue weighted by atomic mass is 9.90. The van der Waals surface area contributed by atoms with Gasteiger partial charge in [-0.05, 0) is 89.0 Å². The Morgan fingerprint density at radius 1 is 0.271 bits per heavy atom. The molecule has 5 nitrogen and oxygen atoms in total. The van der Waals surface area contributed by atoms with E-state index in [0.717, 1.165) is 127 Å². The van der Waals surface area contributed by atoms with Crippen molar-refractivity contribution < 1.29 is 17.7 Å². The monoisotopic (exact) mass is 757 g/mol. The average Bonchev–Trinajstić information content (AvgIpc) is 4.06. The number of hydrogen-bond donors (Lipinski definition) is 0. The van der Waals surface area contributed by atoms with Gasteiger partial charge in [-0.25, -0.2) is 0 Å². The molecule has 276 valence electrons. The first kappa shape index (κ1) is 32.1. The Bertz CT molecular complexity index is 3690. The molecule has 0 N–H and O–H groups in total. The van der Waals surface area contributed by atoms with Crippen molar-refractivity contribution in [2.45, 2.75) is 0 Å². The Kier molecular flexibility index (Phi) is 6.66. The fraction of sp³-hybridized carbons (Fsp3) is 0. The van der Waals surface area contributed by atoms with Gasteiger partial charge in [0.15, 0.2) is 0 Å². The molecule has 13 aromatic rings. The highest BCUT2D eigenvalue weighted by Crippen LogP contribution is 2.49. The predicted molar refractivity (Wildman–Crippen MR) is 241 cm³/mol. The Labute approximate surface area is 336 Å². The lowest BCUT2D eigenvalue weighted by Crippen LogP contribution is -2.10. The largest absolute Gasteiger partial charge is 0.456 e. The van der Waals surface area contributed by atoms with E-state index in [4.69, 9.17) is 17.7 Å². The van der Waals surface area contributed by atoms with E-state index in [1.807, 2.05) is 48.5 Å². The summed E-state index contributed by atoms with van der Waals surface area (Å²) in [6, 6.07) is 65.5. The fourth-order valence-corrected chi connectivity index (χ4v) is 9.22. The summed E-state index contributed by atoms with van der Waals surface area (Å²) in [4.78, 5) is 2.29. The third-order valence-electron chi connectivity index (χ3n) is 11.9. The summed E-state index contributed by atoms with van der Waals surface area (Å²) in [6.45, 7) is 0. The minimum absolute atomic E-state index is 0.788. The molecule has 9 aromatic carbocycles. The van der Waals surface area contributed by atoms with Gasteiger partial charge in [0.25, 0.3) is 0 Å². The third-order valence-corrected chi connectivity index (χ3v) is 11.9. The molecular weight excluding hydrogens is 727 g/mol. The maximum Gasteiger partial charge on any atom is 0.147 e. The van der Waals surface area contributed by atoms with Crippen LogP contribution in [0.2, 0.25) is 0 Å². The molecule has 4 aromatic heterocycles. The average molecular weight is 758 g/mol. The summed E-state index contributed by atoms with van der Waals surface area (Å²) < 4.78 is 26.2. The third kappa shape index (κ3) is 4.79. The van der Waals surface area contributed by atoms with Gasteiger partial charge in [-0.3, -0.25) is 0 Å². The van der Waals surface area contributed by atoms with Crippen LogP contribution in [0.15, 0.2) is 206 Å². The number of nitrogens with zero attached hydrogens (tertiary/aromatic N) is 1. The fourth-order valence-electron chi connectivity index (χ4n) is 9.22. The number of furan rings is 4. The lowest BCUT2D eigenvalue weighted by molar-refractivity contribution is 0.663. The van der Waals surface area contributed by atoms with Crippen LogP contribution in [0, 0.1) is 0 Å². The predicted octanol–water partition coefficient (Wildman–Crippen LogP) is 16.1. The van der Waals surface area contributed by atoms with Crippen molar-refractivity contribution in [3.63, 3.8) is 0 Å². The summed E-state index contributed by atoms with van der Waals surface area (Å²) >= 11 is 0. The molecule has 4 heterocycles. The van der Waals surface area contributed by atoms with E-state index in [1.165, 1.54) is 0 Å². The minimum Gasteiger partial charge on any atom is -0.456 e. The molecule has 0 aliphatic carbocycles. The van der Waals surface area contributed by atoms with E-state index >= 15 is 0 Å². The molecule has 0 saturated carbocycles. The van der Waals surface area contributed by atoms with Gasteiger partial charge >= 0.3 is 0 Å². The molecule has 0 aliphatic heterocycles. The van der Waals surface area contributed by atoms with E-state index in [0.29, 0.717) is 0 Å². The van der Waals surface area contributed by atoms with Gasteiger partial charge in [-0.2, -0.15) is 0 Å². The molecule has 0 saturated heterocycles. The number of benzene rings is 9. The van der Waals surface area contributed by atoms with E-state index in [9.17, 15) is 0 Å². The molecule has 5 heteroatoms. The Morgan fingerprint density at radius 2 is 0.729 bits per heavy atom. The van der Waals surface area contributed by atoms with Crippen LogP contribution in [0.1, 0.15) is 0 Å². The van der Waals surface area contributed by atoms with Gasteiger partial charge in [0.05, 0.1) is 5.39 Å². The van der Waals surface area contributed by atoms with E-state index in [-0.39, 0.29) is 0 Å². The van der Waals surface area contributed by atoms with E-state index < -0.39 is 0 Å². The molecule has 0 aliphatic rings. The van der Waals surface area contributed by atoms with Crippen molar-refractivity contribution in [1.82, 2.24) is 0 Å². The minimum atomic E-state index is 0.788. The quantitative estimate of drug-likeness (QED) is 0.175. The highest BCUT2D eigenvalue weighted by atomic mass is 16.3. The summed E-state index contributed by atoms with van der Waals surface area (Å²) in [5.74, 6) is 0. The van der Waals surface area contributed by atoms with Gasteiger partial charge in [-0.1, -0.05) is 109 Å². The molecule has 0 fully saturated rings. The zero-order chi connectivity index (χ0) is 38.6. The zero-order valence-corrected chi connectivity index (χ0v) is 31.5. The first-order chi connectivity index (χ1) is 29.2. The molecule has 0 amide bonds.